The smallest absolute Gasteiger partial charge is 0.225 e. The molecule has 3 N–H and O–H groups in total. The van der Waals surface area contributed by atoms with Gasteiger partial charge in [-0.05, 0) is 55.7 Å². The lowest BCUT2D eigenvalue weighted by Crippen LogP contribution is -2.30. The molecular weight excluding hydrogens is 494 g/mol. The van der Waals surface area contributed by atoms with Crippen LogP contribution in [0.15, 0.2) is 42.5 Å². The zero-order chi connectivity index (χ0) is 27.8. The normalized spacial score (nSPS) is 11.9. The third-order valence-corrected chi connectivity index (χ3v) is 7.00. The molecule has 0 unspecified atom stereocenters. The van der Waals surface area contributed by atoms with Gasteiger partial charge in [-0.25, -0.2) is 4.98 Å². The van der Waals surface area contributed by atoms with Gasteiger partial charge in [0, 0.05) is 35.0 Å². The lowest BCUT2D eigenvalue weighted by molar-refractivity contribution is -0.121. The van der Waals surface area contributed by atoms with Gasteiger partial charge in [0.2, 0.25) is 5.91 Å². The second kappa shape index (κ2) is 13.1. The molecule has 2 aromatic heterocycles. The maximum Gasteiger partial charge on any atom is 0.225 e. The molecule has 206 valence electrons. The lowest BCUT2D eigenvalue weighted by atomic mass is 10.0. The van der Waals surface area contributed by atoms with Crippen LogP contribution in [-0.2, 0) is 16.0 Å². The first-order chi connectivity index (χ1) is 18.9. The quantitative estimate of drug-likeness (QED) is 0.182. The first kappa shape index (κ1) is 27.9. The fourth-order valence-corrected chi connectivity index (χ4v) is 4.75. The van der Waals surface area contributed by atoms with E-state index in [-0.39, 0.29) is 24.2 Å². The van der Waals surface area contributed by atoms with Crippen molar-refractivity contribution < 1.29 is 19.1 Å². The summed E-state index contributed by atoms with van der Waals surface area (Å²) in [5, 5.41) is 11.6. The molecule has 0 saturated carbocycles. The number of methoxy groups -OCH3 is 2. The molecule has 0 aliphatic heterocycles. The number of hydrogen-bond donors (Lipinski definition) is 3. The zero-order valence-corrected chi connectivity index (χ0v) is 23.1. The highest BCUT2D eigenvalue weighted by atomic mass is 16.5. The number of aromatic amines is 2. The molecule has 0 saturated heterocycles. The average Bonchev–Trinajstić information content (AvgIpc) is 3.56. The SMILES string of the molecule is CCC(=O)CCCCC[C@H](NC(=O)Cc1c(C)[nH]c2ccc(OC)cc12)c1nc(-c2cccc(OC)c2)n[nH]1. The van der Waals surface area contributed by atoms with Crippen LogP contribution in [0.1, 0.15) is 68.6 Å². The van der Waals surface area contributed by atoms with Crippen molar-refractivity contribution in [3.8, 4) is 22.9 Å². The number of fused-ring (bicyclic) bond motifs is 1. The number of ketones is 1. The Hall–Kier alpha value is -4.14. The maximum absolute atomic E-state index is 13.3. The van der Waals surface area contributed by atoms with E-state index in [1.54, 1.807) is 14.2 Å². The number of aryl methyl sites for hydroxylation is 1. The van der Waals surface area contributed by atoms with Crippen LogP contribution in [0.5, 0.6) is 11.5 Å². The van der Waals surface area contributed by atoms with Crippen LogP contribution in [0.4, 0.5) is 0 Å². The molecule has 2 aromatic carbocycles. The number of H-pyrrole nitrogens is 2. The Labute approximate surface area is 228 Å². The van der Waals surface area contributed by atoms with Gasteiger partial charge in [-0.15, -0.1) is 0 Å². The molecule has 1 amide bonds. The first-order valence-corrected chi connectivity index (χ1v) is 13.4. The molecule has 4 aromatic rings. The minimum Gasteiger partial charge on any atom is -0.497 e. The van der Waals surface area contributed by atoms with Gasteiger partial charge in [-0.2, -0.15) is 5.10 Å². The Balaban J connectivity index is 1.51. The molecule has 0 fully saturated rings. The summed E-state index contributed by atoms with van der Waals surface area (Å²) in [5.74, 6) is 2.78. The maximum atomic E-state index is 13.3. The number of hydrogen-bond acceptors (Lipinski definition) is 6. The second-order valence-corrected chi connectivity index (χ2v) is 9.70. The Bertz CT molecular complexity index is 1420. The molecule has 0 bridgehead atoms. The number of ether oxygens (including phenoxy) is 2. The van der Waals surface area contributed by atoms with Crippen molar-refractivity contribution in [3.05, 3.63) is 59.5 Å². The van der Waals surface area contributed by atoms with E-state index >= 15 is 0 Å². The van der Waals surface area contributed by atoms with Gasteiger partial charge in [-0.1, -0.05) is 31.9 Å². The van der Waals surface area contributed by atoms with Crippen LogP contribution in [-0.4, -0.2) is 46.1 Å². The van der Waals surface area contributed by atoms with Gasteiger partial charge in [0.25, 0.3) is 0 Å². The number of amides is 1. The minimum atomic E-state index is -0.341. The molecule has 2 heterocycles. The van der Waals surface area contributed by atoms with E-state index in [4.69, 9.17) is 14.5 Å². The number of nitrogens with one attached hydrogen (secondary N) is 3. The Kier molecular flexibility index (Phi) is 9.35. The number of Topliss-reactive ketones (excluding diaryl/α,β-unsaturated/α-hetero) is 1. The molecule has 0 aliphatic rings. The van der Waals surface area contributed by atoms with E-state index in [9.17, 15) is 9.59 Å². The van der Waals surface area contributed by atoms with Crippen LogP contribution in [0, 0.1) is 6.92 Å². The van der Waals surface area contributed by atoms with Crippen LogP contribution in [0.2, 0.25) is 0 Å². The molecule has 0 spiro atoms. The Morgan fingerprint density at radius 3 is 2.59 bits per heavy atom. The Morgan fingerprint density at radius 1 is 1.03 bits per heavy atom. The first-order valence-electron chi connectivity index (χ1n) is 13.4. The lowest BCUT2D eigenvalue weighted by Gasteiger charge is -2.16. The van der Waals surface area contributed by atoms with E-state index in [2.05, 4.69) is 20.5 Å². The Morgan fingerprint density at radius 2 is 1.82 bits per heavy atom. The standard InChI is InChI=1S/C30H37N5O4/c1-5-21(36)11-7-6-8-13-27(30-33-29(34-35-30)20-10-9-12-22(16-20)38-3)32-28(37)18-24-19(2)31-26-15-14-23(39-4)17-25(24)26/h9-10,12,14-17,27,31H,5-8,11,13,18H2,1-4H3,(H,32,37)(H,33,34,35)/t27-/m0/s1. The fourth-order valence-electron chi connectivity index (χ4n) is 4.75. The average molecular weight is 532 g/mol. The van der Waals surface area contributed by atoms with Gasteiger partial charge >= 0.3 is 0 Å². The topological polar surface area (TPSA) is 122 Å². The van der Waals surface area contributed by atoms with Crippen molar-refractivity contribution in [3.63, 3.8) is 0 Å². The van der Waals surface area contributed by atoms with Crippen molar-refractivity contribution in [2.75, 3.05) is 14.2 Å². The fraction of sp³-hybridized carbons (Fsp3) is 0.400. The zero-order valence-electron chi connectivity index (χ0n) is 23.1. The van der Waals surface area contributed by atoms with Crippen molar-refractivity contribution >= 4 is 22.6 Å². The highest BCUT2D eigenvalue weighted by molar-refractivity contribution is 5.91. The molecule has 39 heavy (non-hydrogen) atoms. The highest BCUT2D eigenvalue weighted by Gasteiger charge is 2.21. The summed E-state index contributed by atoms with van der Waals surface area (Å²) < 4.78 is 10.7. The number of unbranched alkanes of at least 4 members (excludes halogenated alkanes) is 2. The van der Waals surface area contributed by atoms with E-state index in [0.717, 1.165) is 58.5 Å². The van der Waals surface area contributed by atoms with E-state index in [0.29, 0.717) is 30.9 Å². The summed E-state index contributed by atoms with van der Waals surface area (Å²) in [6, 6.07) is 13.0. The number of benzene rings is 2. The molecule has 1 atom stereocenters. The van der Waals surface area contributed by atoms with Gasteiger partial charge in [0.15, 0.2) is 5.82 Å². The predicted molar refractivity (Wildman–Crippen MR) is 151 cm³/mol. The van der Waals surface area contributed by atoms with Crippen molar-refractivity contribution in [2.45, 2.75) is 64.8 Å². The molecule has 4 rings (SSSR count). The third kappa shape index (κ3) is 7.04. The highest BCUT2D eigenvalue weighted by Crippen LogP contribution is 2.28. The molecule has 0 radical (unpaired) electrons. The number of aromatic nitrogens is 4. The summed E-state index contributed by atoms with van der Waals surface area (Å²) in [6.45, 7) is 3.87. The van der Waals surface area contributed by atoms with Gasteiger partial charge in [0.1, 0.15) is 23.1 Å². The van der Waals surface area contributed by atoms with Gasteiger partial charge in [-0.3, -0.25) is 14.7 Å². The molecular formula is C30H37N5O4. The predicted octanol–water partition coefficient (Wildman–Crippen LogP) is 5.61. The second-order valence-electron chi connectivity index (χ2n) is 9.70. The summed E-state index contributed by atoms with van der Waals surface area (Å²) in [5.41, 5.74) is 3.68. The van der Waals surface area contributed by atoms with E-state index < -0.39 is 0 Å². The van der Waals surface area contributed by atoms with Crippen LogP contribution in [0.25, 0.3) is 22.3 Å². The monoisotopic (exact) mass is 531 g/mol. The van der Waals surface area contributed by atoms with Crippen LogP contribution >= 0.6 is 0 Å². The molecule has 9 heteroatoms. The van der Waals surface area contributed by atoms with Crippen molar-refractivity contribution in [2.24, 2.45) is 0 Å². The van der Waals surface area contributed by atoms with Crippen LogP contribution < -0.4 is 14.8 Å². The summed E-state index contributed by atoms with van der Waals surface area (Å²) in [6.07, 6.45) is 4.66. The number of carbonyl (C=O) groups excluding carboxylic acids is 2. The summed E-state index contributed by atoms with van der Waals surface area (Å²) in [4.78, 5) is 33.1. The van der Waals surface area contributed by atoms with Gasteiger partial charge in [0.05, 0.1) is 26.7 Å². The third-order valence-electron chi connectivity index (χ3n) is 7.00. The molecule has 9 nitrogen and oxygen atoms in total. The minimum absolute atomic E-state index is 0.104. The van der Waals surface area contributed by atoms with Crippen molar-refractivity contribution in [1.29, 1.82) is 0 Å². The number of carbonyl (C=O) groups is 2. The van der Waals surface area contributed by atoms with Gasteiger partial charge < -0.3 is 19.8 Å². The number of nitrogens with zero attached hydrogens (tertiary/aromatic N) is 2. The van der Waals surface area contributed by atoms with Crippen LogP contribution in [0.3, 0.4) is 0 Å². The van der Waals surface area contributed by atoms with E-state index in [1.807, 2.05) is 56.3 Å². The summed E-state index contributed by atoms with van der Waals surface area (Å²) in [7, 11) is 3.25. The number of rotatable bonds is 14. The summed E-state index contributed by atoms with van der Waals surface area (Å²) >= 11 is 0. The molecule has 0 aliphatic carbocycles. The van der Waals surface area contributed by atoms with E-state index in [1.165, 1.54) is 0 Å². The van der Waals surface area contributed by atoms with Crippen molar-refractivity contribution in [1.82, 2.24) is 25.5 Å². The largest absolute Gasteiger partial charge is 0.497 e.